The van der Waals surface area contributed by atoms with Gasteiger partial charge in [-0.2, -0.15) is 0 Å². The highest BCUT2D eigenvalue weighted by molar-refractivity contribution is 7.90. The van der Waals surface area contributed by atoms with E-state index in [1.165, 1.54) is 18.2 Å². The first-order chi connectivity index (χ1) is 10.7. The van der Waals surface area contributed by atoms with Crippen LogP contribution in [0.25, 0.3) is 11.1 Å². The van der Waals surface area contributed by atoms with Gasteiger partial charge >= 0.3 is 0 Å². The molecular weight excluding hydrogens is 322 g/mol. The number of halogens is 2. The van der Waals surface area contributed by atoms with Gasteiger partial charge in [0, 0.05) is 6.26 Å². The zero-order valence-electron chi connectivity index (χ0n) is 12.4. The maximum Gasteiger partial charge on any atom is 0.175 e. The van der Waals surface area contributed by atoms with Crippen molar-refractivity contribution < 1.29 is 22.3 Å². The Morgan fingerprint density at radius 2 is 1.61 bits per heavy atom. The van der Waals surface area contributed by atoms with Gasteiger partial charge in [-0.1, -0.05) is 18.2 Å². The van der Waals surface area contributed by atoms with E-state index in [0.717, 1.165) is 18.4 Å². The van der Waals surface area contributed by atoms with Crippen molar-refractivity contribution in [3.05, 3.63) is 72.1 Å². The number of hydrogen-bond donors (Lipinski definition) is 1. The van der Waals surface area contributed by atoms with E-state index in [2.05, 4.69) is 6.92 Å². The SMILES string of the molecule is [CH2]/C(=C(\CO)c1ccc(F)c(F)c1)c1ccc(S(C)(=O)=O)cc1. The molecule has 0 aliphatic carbocycles. The monoisotopic (exact) mass is 337 g/mol. The number of sulfone groups is 1. The first-order valence-electron chi connectivity index (χ1n) is 6.66. The fourth-order valence-electron chi connectivity index (χ4n) is 2.12. The van der Waals surface area contributed by atoms with Gasteiger partial charge in [0.15, 0.2) is 21.5 Å². The van der Waals surface area contributed by atoms with Gasteiger partial charge in [0.25, 0.3) is 0 Å². The van der Waals surface area contributed by atoms with Crippen molar-refractivity contribution in [1.82, 2.24) is 0 Å². The van der Waals surface area contributed by atoms with Crippen molar-refractivity contribution >= 4 is 21.0 Å². The van der Waals surface area contributed by atoms with Crippen LogP contribution < -0.4 is 0 Å². The predicted molar refractivity (Wildman–Crippen MR) is 85.2 cm³/mol. The Kier molecular flexibility index (Phi) is 4.97. The largest absolute Gasteiger partial charge is 0.392 e. The lowest BCUT2D eigenvalue weighted by Gasteiger charge is -2.11. The van der Waals surface area contributed by atoms with Gasteiger partial charge in [-0.3, -0.25) is 0 Å². The molecule has 0 aliphatic rings. The maximum absolute atomic E-state index is 13.4. The summed E-state index contributed by atoms with van der Waals surface area (Å²) in [6, 6.07) is 9.26. The molecule has 0 saturated heterocycles. The molecular formula is C17H15F2O3S. The van der Waals surface area contributed by atoms with Gasteiger partial charge in [0.05, 0.1) is 11.5 Å². The molecule has 121 valence electrons. The number of allylic oxidation sites excluding steroid dienone is 1. The first kappa shape index (κ1) is 17.3. The van der Waals surface area contributed by atoms with E-state index < -0.39 is 28.1 Å². The molecule has 1 radical (unpaired) electrons. The second-order valence-corrected chi connectivity index (χ2v) is 7.06. The number of benzene rings is 2. The number of hydrogen-bond acceptors (Lipinski definition) is 3. The molecule has 0 bridgehead atoms. The van der Waals surface area contributed by atoms with Crippen LogP contribution in [0.1, 0.15) is 11.1 Å². The van der Waals surface area contributed by atoms with E-state index in [9.17, 15) is 22.3 Å². The first-order valence-corrected chi connectivity index (χ1v) is 8.55. The van der Waals surface area contributed by atoms with E-state index in [1.54, 1.807) is 12.1 Å². The van der Waals surface area contributed by atoms with Crippen LogP contribution in [-0.2, 0) is 9.84 Å². The molecule has 0 aliphatic heterocycles. The van der Waals surface area contributed by atoms with E-state index >= 15 is 0 Å². The van der Waals surface area contributed by atoms with Crippen molar-refractivity contribution in [2.24, 2.45) is 0 Å². The van der Waals surface area contributed by atoms with Crippen molar-refractivity contribution in [2.75, 3.05) is 12.9 Å². The van der Waals surface area contributed by atoms with Crippen LogP contribution in [0.3, 0.4) is 0 Å². The smallest absolute Gasteiger partial charge is 0.175 e. The van der Waals surface area contributed by atoms with E-state index in [0.29, 0.717) is 22.3 Å². The summed E-state index contributed by atoms with van der Waals surface area (Å²) in [7, 11) is -3.31. The van der Waals surface area contributed by atoms with E-state index in [-0.39, 0.29) is 4.90 Å². The Morgan fingerprint density at radius 3 is 2.09 bits per heavy atom. The third-order valence-corrected chi connectivity index (χ3v) is 4.55. The fourth-order valence-corrected chi connectivity index (χ4v) is 2.75. The Balaban J connectivity index is 2.50. The summed E-state index contributed by atoms with van der Waals surface area (Å²) < 4.78 is 49.3. The average Bonchev–Trinajstić information content (AvgIpc) is 2.50. The molecule has 0 spiro atoms. The van der Waals surface area contributed by atoms with Crippen molar-refractivity contribution in [1.29, 1.82) is 0 Å². The van der Waals surface area contributed by atoms with Gasteiger partial charge in [0.2, 0.25) is 0 Å². The minimum Gasteiger partial charge on any atom is -0.392 e. The van der Waals surface area contributed by atoms with Gasteiger partial charge in [-0.25, -0.2) is 17.2 Å². The molecule has 3 nitrogen and oxygen atoms in total. The van der Waals surface area contributed by atoms with Crippen LogP contribution in [0, 0.1) is 18.6 Å². The molecule has 6 heteroatoms. The summed E-state index contributed by atoms with van der Waals surface area (Å²) >= 11 is 0. The van der Waals surface area contributed by atoms with Crippen LogP contribution in [0.4, 0.5) is 8.78 Å². The lowest BCUT2D eigenvalue weighted by molar-refractivity contribution is 0.350. The topological polar surface area (TPSA) is 54.4 Å². The van der Waals surface area contributed by atoms with E-state index in [4.69, 9.17) is 0 Å². The Morgan fingerprint density at radius 1 is 1.04 bits per heavy atom. The van der Waals surface area contributed by atoms with Gasteiger partial charge in [0.1, 0.15) is 0 Å². The van der Waals surface area contributed by atoms with Crippen LogP contribution in [-0.4, -0.2) is 26.4 Å². The molecule has 2 aromatic carbocycles. The standard InChI is InChI=1S/C17H15F2O3S/c1-11(12-3-6-14(7-4-12)23(2,21)22)15(10-20)13-5-8-16(18)17(19)9-13/h3-9,20H,1,10H2,2H3/b15-11-. The summed E-state index contributed by atoms with van der Waals surface area (Å²) in [6.45, 7) is 3.43. The molecule has 2 rings (SSSR count). The van der Waals surface area contributed by atoms with Crippen LogP contribution in [0.5, 0.6) is 0 Å². The minimum atomic E-state index is -3.31. The van der Waals surface area contributed by atoms with Gasteiger partial charge < -0.3 is 5.11 Å². The Bertz CT molecular complexity index is 854. The predicted octanol–water partition coefficient (Wildman–Crippen LogP) is 3.11. The van der Waals surface area contributed by atoms with Gasteiger partial charge in [-0.05, 0) is 53.5 Å². The number of aliphatic hydroxyl groups is 1. The highest BCUT2D eigenvalue weighted by Crippen LogP contribution is 2.27. The summed E-state index contributed by atoms with van der Waals surface area (Å²) in [4.78, 5) is 0.160. The molecule has 0 aromatic heterocycles. The third-order valence-electron chi connectivity index (χ3n) is 3.42. The van der Waals surface area contributed by atoms with Crippen LogP contribution in [0.2, 0.25) is 0 Å². The normalized spacial score (nSPS) is 12.9. The number of rotatable bonds is 4. The second kappa shape index (κ2) is 6.60. The highest BCUT2D eigenvalue weighted by atomic mass is 32.2. The zero-order chi connectivity index (χ0) is 17.2. The van der Waals surface area contributed by atoms with Crippen molar-refractivity contribution in [3.63, 3.8) is 0 Å². The lowest BCUT2D eigenvalue weighted by Crippen LogP contribution is -1.99. The summed E-state index contributed by atoms with van der Waals surface area (Å²) in [6.07, 6.45) is 1.10. The summed E-state index contributed by atoms with van der Waals surface area (Å²) in [5.41, 5.74) is 1.62. The summed E-state index contributed by atoms with van der Waals surface area (Å²) in [5, 5.41) is 9.55. The van der Waals surface area contributed by atoms with Crippen molar-refractivity contribution in [2.45, 2.75) is 4.90 Å². The molecule has 0 heterocycles. The zero-order valence-corrected chi connectivity index (χ0v) is 13.2. The summed E-state index contributed by atoms with van der Waals surface area (Å²) in [5.74, 6) is -2.00. The third kappa shape index (κ3) is 3.83. The fraction of sp³-hybridized carbons (Fsp3) is 0.118. The van der Waals surface area contributed by atoms with Crippen LogP contribution in [0.15, 0.2) is 47.4 Å². The molecule has 0 unspecified atom stereocenters. The average molecular weight is 337 g/mol. The lowest BCUT2D eigenvalue weighted by atomic mass is 9.96. The van der Waals surface area contributed by atoms with Crippen LogP contribution >= 0.6 is 0 Å². The number of aliphatic hydroxyl groups excluding tert-OH is 1. The Labute approximate surface area is 133 Å². The maximum atomic E-state index is 13.4. The molecule has 0 amide bonds. The molecule has 0 atom stereocenters. The molecule has 1 N–H and O–H groups in total. The quantitative estimate of drug-likeness (QED) is 0.872. The molecule has 23 heavy (non-hydrogen) atoms. The second-order valence-electron chi connectivity index (χ2n) is 5.04. The van der Waals surface area contributed by atoms with Crippen molar-refractivity contribution in [3.8, 4) is 0 Å². The molecule has 0 fully saturated rings. The minimum absolute atomic E-state index is 0.160. The van der Waals surface area contributed by atoms with Gasteiger partial charge in [-0.15, -0.1) is 0 Å². The van der Waals surface area contributed by atoms with E-state index in [1.807, 2.05) is 0 Å². The highest BCUT2D eigenvalue weighted by Gasteiger charge is 2.12. The molecule has 2 aromatic rings. The Hall–Kier alpha value is -2.05. The molecule has 0 saturated carbocycles.